The maximum atomic E-state index is 12.9. The zero-order valence-corrected chi connectivity index (χ0v) is 14.2. The van der Waals surface area contributed by atoms with Gasteiger partial charge in [-0.15, -0.1) is 11.8 Å². The van der Waals surface area contributed by atoms with Crippen LogP contribution in [0.1, 0.15) is 52.4 Å². The molecule has 0 aromatic carbocycles. The summed E-state index contributed by atoms with van der Waals surface area (Å²) in [4.78, 5) is 12.9. The van der Waals surface area contributed by atoms with Crippen molar-refractivity contribution in [3.05, 3.63) is 0 Å². The number of hydrogen-bond donors (Lipinski definition) is 0. The standard InChI is InChI=1S/C16H26O2S2/c1-11-12(2)20-14(10-19-11)15(17)13-5-8-18-16(9-13)6-3-4-7-16/h11-14H,3-10H2,1-2H3. The number of rotatable bonds is 2. The molecular formula is C16H26O2S2. The lowest BCUT2D eigenvalue weighted by molar-refractivity contribution is -0.135. The van der Waals surface area contributed by atoms with Gasteiger partial charge in [0.1, 0.15) is 5.78 Å². The Labute approximate surface area is 131 Å². The maximum absolute atomic E-state index is 12.9. The molecule has 0 amide bonds. The average molecular weight is 315 g/mol. The van der Waals surface area contributed by atoms with E-state index in [1.807, 2.05) is 23.5 Å². The highest BCUT2D eigenvalue weighted by atomic mass is 32.2. The highest BCUT2D eigenvalue weighted by Crippen LogP contribution is 2.44. The molecule has 2 nitrogen and oxygen atoms in total. The van der Waals surface area contributed by atoms with E-state index in [0.29, 0.717) is 16.3 Å². The first kappa shape index (κ1) is 15.2. The van der Waals surface area contributed by atoms with Crippen LogP contribution < -0.4 is 0 Å². The van der Waals surface area contributed by atoms with Gasteiger partial charge < -0.3 is 4.74 Å². The zero-order valence-electron chi connectivity index (χ0n) is 12.6. The fourth-order valence-corrected chi connectivity index (χ4v) is 6.79. The van der Waals surface area contributed by atoms with Crippen LogP contribution in [-0.4, -0.2) is 39.5 Å². The summed E-state index contributed by atoms with van der Waals surface area (Å²) in [5.74, 6) is 1.80. The summed E-state index contributed by atoms with van der Waals surface area (Å²) in [5.41, 5.74) is 0.0734. The van der Waals surface area contributed by atoms with Crippen LogP contribution in [0.25, 0.3) is 0 Å². The summed E-state index contributed by atoms with van der Waals surface area (Å²) >= 11 is 3.89. The van der Waals surface area contributed by atoms with Crippen molar-refractivity contribution in [2.24, 2.45) is 5.92 Å². The Balaban J connectivity index is 1.62. The smallest absolute Gasteiger partial charge is 0.149 e. The van der Waals surface area contributed by atoms with Crippen molar-refractivity contribution in [2.75, 3.05) is 12.4 Å². The van der Waals surface area contributed by atoms with E-state index in [9.17, 15) is 4.79 Å². The topological polar surface area (TPSA) is 26.3 Å². The fourth-order valence-electron chi connectivity index (χ4n) is 3.83. The second kappa shape index (κ2) is 6.21. The summed E-state index contributed by atoms with van der Waals surface area (Å²) in [5, 5.41) is 1.51. The molecular weight excluding hydrogens is 288 g/mol. The molecule has 1 spiro atoms. The summed E-state index contributed by atoms with van der Waals surface area (Å²) in [6, 6.07) is 0. The van der Waals surface area contributed by atoms with Crippen LogP contribution in [0.4, 0.5) is 0 Å². The highest BCUT2D eigenvalue weighted by Gasteiger charge is 2.44. The Morgan fingerprint density at radius 2 is 1.95 bits per heavy atom. The van der Waals surface area contributed by atoms with Crippen LogP contribution >= 0.6 is 23.5 Å². The first-order valence-electron chi connectivity index (χ1n) is 8.04. The Kier molecular flexibility index (Phi) is 4.73. The lowest BCUT2D eigenvalue weighted by Crippen LogP contribution is -2.43. The molecule has 2 saturated heterocycles. The molecule has 2 heterocycles. The van der Waals surface area contributed by atoms with Gasteiger partial charge in [0.2, 0.25) is 0 Å². The van der Waals surface area contributed by atoms with E-state index in [4.69, 9.17) is 4.74 Å². The van der Waals surface area contributed by atoms with Gasteiger partial charge in [-0.05, 0) is 25.7 Å². The molecule has 4 heteroatoms. The van der Waals surface area contributed by atoms with E-state index in [1.165, 1.54) is 25.7 Å². The molecule has 3 fully saturated rings. The average Bonchev–Trinajstić information content (AvgIpc) is 2.89. The van der Waals surface area contributed by atoms with Crippen LogP contribution in [0.15, 0.2) is 0 Å². The molecule has 1 saturated carbocycles. The van der Waals surface area contributed by atoms with E-state index in [2.05, 4.69) is 13.8 Å². The number of ether oxygens (including phenoxy) is 1. The molecule has 1 aliphatic carbocycles. The summed E-state index contributed by atoms with van der Waals surface area (Å²) in [6.07, 6.45) is 6.87. The third-order valence-corrected chi connectivity index (χ3v) is 8.69. The highest BCUT2D eigenvalue weighted by molar-refractivity contribution is 8.08. The second-order valence-electron chi connectivity index (χ2n) is 6.70. The minimum Gasteiger partial charge on any atom is -0.375 e. The minimum absolute atomic E-state index is 0.0734. The quantitative estimate of drug-likeness (QED) is 0.772. The Morgan fingerprint density at radius 1 is 1.20 bits per heavy atom. The lowest BCUT2D eigenvalue weighted by Gasteiger charge is -2.39. The van der Waals surface area contributed by atoms with Gasteiger partial charge in [-0.1, -0.05) is 26.7 Å². The van der Waals surface area contributed by atoms with E-state index < -0.39 is 0 Å². The molecule has 4 atom stereocenters. The number of carbonyl (C=O) groups excluding carboxylic acids is 1. The number of ketones is 1. The van der Waals surface area contributed by atoms with Gasteiger partial charge in [0.05, 0.1) is 10.9 Å². The van der Waals surface area contributed by atoms with Gasteiger partial charge in [0.25, 0.3) is 0 Å². The molecule has 4 unspecified atom stereocenters. The van der Waals surface area contributed by atoms with Crippen molar-refractivity contribution in [3.8, 4) is 0 Å². The van der Waals surface area contributed by atoms with E-state index in [-0.39, 0.29) is 16.8 Å². The third kappa shape index (κ3) is 3.07. The molecule has 2 aliphatic heterocycles. The van der Waals surface area contributed by atoms with Crippen LogP contribution in [0.2, 0.25) is 0 Å². The van der Waals surface area contributed by atoms with Gasteiger partial charge in [-0.2, -0.15) is 11.8 Å². The van der Waals surface area contributed by atoms with Crippen molar-refractivity contribution in [3.63, 3.8) is 0 Å². The largest absolute Gasteiger partial charge is 0.375 e. The predicted octanol–water partition coefficient (Wildman–Crippen LogP) is 3.92. The Morgan fingerprint density at radius 3 is 2.65 bits per heavy atom. The molecule has 0 aromatic heterocycles. The molecule has 0 bridgehead atoms. The fraction of sp³-hybridized carbons (Fsp3) is 0.938. The van der Waals surface area contributed by atoms with Gasteiger partial charge in [0.15, 0.2) is 0 Å². The second-order valence-corrected chi connectivity index (χ2v) is 9.69. The molecule has 0 N–H and O–H groups in total. The van der Waals surface area contributed by atoms with E-state index in [0.717, 1.165) is 25.2 Å². The van der Waals surface area contributed by atoms with Crippen LogP contribution in [0, 0.1) is 5.92 Å². The molecule has 0 radical (unpaired) electrons. The first-order chi connectivity index (χ1) is 9.60. The lowest BCUT2D eigenvalue weighted by atomic mass is 9.81. The van der Waals surface area contributed by atoms with Crippen LogP contribution in [0.3, 0.4) is 0 Å². The maximum Gasteiger partial charge on any atom is 0.149 e. The van der Waals surface area contributed by atoms with Crippen molar-refractivity contribution in [1.82, 2.24) is 0 Å². The SMILES string of the molecule is CC1SCC(C(=O)C2CCOC3(CCCC3)C2)SC1C. The summed E-state index contributed by atoms with van der Waals surface area (Å²) in [6.45, 7) is 5.35. The van der Waals surface area contributed by atoms with E-state index >= 15 is 0 Å². The zero-order chi connectivity index (χ0) is 14.2. The summed E-state index contributed by atoms with van der Waals surface area (Å²) < 4.78 is 6.07. The van der Waals surface area contributed by atoms with Gasteiger partial charge in [-0.3, -0.25) is 4.79 Å². The van der Waals surface area contributed by atoms with Crippen molar-refractivity contribution >= 4 is 29.3 Å². The number of carbonyl (C=O) groups is 1. The third-order valence-electron chi connectivity index (χ3n) is 5.28. The van der Waals surface area contributed by atoms with Gasteiger partial charge >= 0.3 is 0 Å². The van der Waals surface area contributed by atoms with Crippen LogP contribution in [0.5, 0.6) is 0 Å². The molecule has 3 rings (SSSR count). The molecule has 0 aromatic rings. The Bertz CT molecular complexity index is 365. The minimum atomic E-state index is 0.0734. The monoisotopic (exact) mass is 314 g/mol. The van der Waals surface area contributed by atoms with Crippen molar-refractivity contribution < 1.29 is 9.53 Å². The molecule has 3 aliphatic rings. The predicted molar refractivity (Wildman–Crippen MR) is 87.6 cm³/mol. The molecule has 20 heavy (non-hydrogen) atoms. The number of thioether (sulfide) groups is 2. The van der Waals surface area contributed by atoms with Gasteiger partial charge in [-0.25, -0.2) is 0 Å². The van der Waals surface area contributed by atoms with E-state index in [1.54, 1.807) is 0 Å². The number of hydrogen-bond acceptors (Lipinski definition) is 4. The summed E-state index contributed by atoms with van der Waals surface area (Å²) in [7, 11) is 0. The van der Waals surface area contributed by atoms with Crippen LogP contribution in [-0.2, 0) is 9.53 Å². The van der Waals surface area contributed by atoms with Crippen molar-refractivity contribution in [2.45, 2.75) is 73.7 Å². The molecule has 114 valence electrons. The normalized spacial score (nSPS) is 40.9. The number of Topliss-reactive ketones (excluding diaryl/α,β-unsaturated/α-hetero) is 1. The first-order valence-corrected chi connectivity index (χ1v) is 10.0. The van der Waals surface area contributed by atoms with Crippen molar-refractivity contribution in [1.29, 1.82) is 0 Å². The Hall–Kier alpha value is 0.330. The van der Waals surface area contributed by atoms with Gasteiger partial charge in [0, 0.05) is 28.8 Å².